The Morgan fingerprint density at radius 2 is 2.00 bits per heavy atom. The number of halogens is 2. The lowest BCUT2D eigenvalue weighted by atomic mass is 9.64. The van der Waals surface area contributed by atoms with E-state index in [-0.39, 0.29) is 12.0 Å². The summed E-state index contributed by atoms with van der Waals surface area (Å²) in [6.45, 7) is 4.24. The fourth-order valence-corrected chi connectivity index (χ4v) is 2.57. The van der Waals surface area contributed by atoms with E-state index in [0.29, 0.717) is 24.7 Å². The monoisotopic (exact) mass is 240 g/mol. The Kier molecular flexibility index (Phi) is 3.21. The average Bonchev–Trinajstić information content (AvgIpc) is 2.19. The van der Waals surface area contributed by atoms with Gasteiger partial charge in [-0.1, -0.05) is 13.8 Å². The molecule has 1 fully saturated rings. The summed E-state index contributed by atoms with van der Waals surface area (Å²) in [5.74, 6) is 0.141. The van der Waals surface area contributed by atoms with Gasteiger partial charge in [-0.2, -0.15) is 0 Å². The van der Waals surface area contributed by atoms with Crippen molar-refractivity contribution in [3.8, 4) is 0 Å². The minimum atomic E-state index is -0.844. The molecule has 0 amide bonds. The molecule has 2 rings (SSSR count). The number of aliphatic hydroxyl groups is 1. The molecule has 1 nitrogen and oxygen atoms in total. The van der Waals surface area contributed by atoms with Gasteiger partial charge in [0.25, 0.3) is 0 Å². The molecule has 1 aliphatic rings. The van der Waals surface area contributed by atoms with Crippen LogP contribution < -0.4 is 0 Å². The van der Waals surface area contributed by atoms with Crippen LogP contribution in [0.3, 0.4) is 0 Å². The van der Waals surface area contributed by atoms with Crippen LogP contribution in [0.5, 0.6) is 0 Å². The molecule has 0 spiro atoms. The number of rotatable bonds is 3. The predicted octanol–water partition coefficient (Wildman–Crippen LogP) is 3.30. The highest BCUT2D eigenvalue weighted by atomic mass is 19.1. The molecule has 17 heavy (non-hydrogen) atoms. The molecule has 3 heteroatoms. The first-order valence-corrected chi connectivity index (χ1v) is 6.06. The average molecular weight is 240 g/mol. The first kappa shape index (κ1) is 12.5. The van der Waals surface area contributed by atoms with Crippen LogP contribution in [0, 0.1) is 23.5 Å². The van der Waals surface area contributed by atoms with Crippen molar-refractivity contribution in [1.82, 2.24) is 0 Å². The van der Waals surface area contributed by atoms with Crippen molar-refractivity contribution in [2.75, 3.05) is 0 Å². The zero-order chi connectivity index (χ0) is 12.6. The Balaban J connectivity index is 2.05. The van der Waals surface area contributed by atoms with Crippen molar-refractivity contribution in [3.05, 3.63) is 35.4 Å². The van der Waals surface area contributed by atoms with Gasteiger partial charge in [-0.3, -0.25) is 0 Å². The summed E-state index contributed by atoms with van der Waals surface area (Å²) < 4.78 is 26.4. The SMILES string of the molecule is CC(C)C1CC(O)(Cc2cc(F)ccc2F)C1. The topological polar surface area (TPSA) is 20.2 Å². The van der Waals surface area contributed by atoms with E-state index in [1.165, 1.54) is 6.07 Å². The van der Waals surface area contributed by atoms with Crippen molar-refractivity contribution in [1.29, 1.82) is 0 Å². The van der Waals surface area contributed by atoms with Crippen molar-refractivity contribution in [2.45, 2.75) is 38.7 Å². The minimum Gasteiger partial charge on any atom is -0.390 e. The molecule has 0 saturated heterocycles. The lowest BCUT2D eigenvalue weighted by molar-refractivity contribution is -0.0864. The van der Waals surface area contributed by atoms with E-state index in [2.05, 4.69) is 13.8 Å². The third-order valence-electron chi connectivity index (χ3n) is 3.75. The van der Waals surface area contributed by atoms with Crippen molar-refractivity contribution < 1.29 is 13.9 Å². The van der Waals surface area contributed by atoms with Crippen LogP contribution in [0.4, 0.5) is 8.78 Å². The first-order valence-electron chi connectivity index (χ1n) is 6.06. The molecule has 0 bridgehead atoms. The van der Waals surface area contributed by atoms with Gasteiger partial charge >= 0.3 is 0 Å². The molecule has 1 aliphatic carbocycles. The Morgan fingerprint density at radius 1 is 1.35 bits per heavy atom. The van der Waals surface area contributed by atoms with Crippen LogP contribution in [0.15, 0.2) is 18.2 Å². The number of hydrogen-bond donors (Lipinski definition) is 1. The molecule has 0 aliphatic heterocycles. The summed E-state index contributed by atoms with van der Waals surface area (Å²) in [6.07, 6.45) is 1.57. The van der Waals surface area contributed by atoms with E-state index < -0.39 is 17.2 Å². The van der Waals surface area contributed by atoms with Crippen molar-refractivity contribution in [2.24, 2.45) is 11.8 Å². The highest BCUT2D eigenvalue weighted by molar-refractivity contribution is 5.22. The lowest BCUT2D eigenvalue weighted by Gasteiger charge is -2.46. The molecule has 0 heterocycles. The van der Waals surface area contributed by atoms with Gasteiger partial charge in [0.1, 0.15) is 11.6 Å². The molecule has 1 aromatic carbocycles. The van der Waals surface area contributed by atoms with Gasteiger partial charge in [-0.15, -0.1) is 0 Å². The zero-order valence-corrected chi connectivity index (χ0v) is 10.2. The second-order valence-electron chi connectivity index (χ2n) is 5.55. The second-order valence-corrected chi connectivity index (χ2v) is 5.55. The fraction of sp³-hybridized carbons (Fsp3) is 0.571. The van der Waals surface area contributed by atoms with Gasteiger partial charge in [-0.25, -0.2) is 8.78 Å². The maximum absolute atomic E-state index is 13.4. The van der Waals surface area contributed by atoms with Gasteiger partial charge in [0, 0.05) is 6.42 Å². The molecule has 0 aromatic heterocycles. The van der Waals surface area contributed by atoms with Crippen LogP contribution in [0.2, 0.25) is 0 Å². The molecule has 0 radical (unpaired) electrons. The Hall–Kier alpha value is -0.960. The van der Waals surface area contributed by atoms with Gasteiger partial charge in [0.15, 0.2) is 0 Å². The number of benzene rings is 1. The number of hydrogen-bond acceptors (Lipinski definition) is 1. The molecular formula is C14H18F2O. The molecule has 0 unspecified atom stereocenters. The molecule has 1 N–H and O–H groups in total. The maximum Gasteiger partial charge on any atom is 0.126 e. The molecule has 1 saturated carbocycles. The van der Waals surface area contributed by atoms with Gasteiger partial charge in [-0.05, 0) is 48.4 Å². The summed E-state index contributed by atoms with van der Waals surface area (Å²) in [6, 6.07) is 3.39. The Labute approximate surface area is 100 Å². The lowest BCUT2D eigenvalue weighted by Crippen LogP contribution is -2.47. The minimum absolute atomic E-state index is 0.208. The normalized spacial score (nSPS) is 28.2. The second kappa shape index (κ2) is 4.37. The van der Waals surface area contributed by atoms with Crippen LogP contribution in [-0.4, -0.2) is 10.7 Å². The molecule has 94 valence electrons. The van der Waals surface area contributed by atoms with Crippen LogP contribution in [-0.2, 0) is 6.42 Å². The third kappa shape index (κ3) is 2.65. The smallest absolute Gasteiger partial charge is 0.126 e. The summed E-state index contributed by atoms with van der Waals surface area (Å²) in [5.41, 5.74) is -0.571. The van der Waals surface area contributed by atoms with Crippen molar-refractivity contribution in [3.63, 3.8) is 0 Å². The van der Waals surface area contributed by atoms with E-state index >= 15 is 0 Å². The summed E-state index contributed by atoms with van der Waals surface area (Å²) >= 11 is 0. The van der Waals surface area contributed by atoms with E-state index in [4.69, 9.17) is 0 Å². The van der Waals surface area contributed by atoms with E-state index in [0.717, 1.165) is 12.1 Å². The van der Waals surface area contributed by atoms with Gasteiger partial charge in [0.05, 0.1) is 5.60 Å². The largest absolute Gasteiger partial charge is 0.390 e. The summed E-state index contributed by atoms with van der Waals surface area (Å²) in [7, 11) is 0. The van der Waals surface area contributed by atoms with Gasteiger partial charge < -0.3 is 5.11 Å². The summed E-state index contributed by atoms with van der Waals surface area (Å²) in [5, 5.41) is 10.2. The van der Waals surface area contributed by atoms with E-state index in [1.54, 1.807) is 0 Å². The van der Waals surface area contributed by atoms with Crippen molar-refractivity contribution >= 4 is 0 Å². The van der Waals surface area contributed by atoms with Crippen LogP contribution >= 0.6 is 0 Å². The highest BCUT2D eigenvalue weighted by Crippen LogP contribution is 2.44. The molecule has 1 aromatic rings. The van der Waals surface area contributed by atoms with Gasteiger partial charge in [0.2, 0.25) is 0 Å². The Morgan fingerprint density at radius 3 is 2.59 bits per heavy atom. The highest BCUT2D eigenvalue weighted by Gasteiger charge is 2.43. The predicted molar refractivity (Wildman–Crippen MR) is 62.6 cm³/mol. The quantitative estimate of drug-likeness (QED) is 0.859. The standard InChI is InChI=1S/C14H18F2O/c1-9(2)11-7-14(17,8-11)6-10-5-12(15)3-4-13(10)16/h3-5,9,11,17H,6-8H2,1-2H3. The maximum atomic E-state index is 13.4. The Bertz CT molecular complexity index is 409. The third-order valence-corrected chi connectivity index (χ3v) is 3.75. The molecule has 0 atom stereocenters. The zero-order valence-electron chi connectivity index (χ0n) is 10.2. The van der Waals surface area contributed by atoms with Crippen LogP contribution in [0.1, 0.15) is 32.3 Å². The summed E-state index contributed by atoms with van der Waals surface area (Å²) in [4.78, 5) is 0. The van der Waals surface area contributed by atoms with Crippen LogP contribution in [0.25, 0.3) is 0 Å². The first-order chi connectivity index (χ1) is 7.89. The molecular weight excluding hydrogens is 222 g/mol. The van der Waals surface area contributed by atoms with E-state index in [9.17, 15) is 13.9 Å². The fourth-order valence-electron chi connectivity index (χ4n) is 2.57. The van der Waals surface area contributed by atoms with E-state index in [1.807, 2.05) is 0 Å².